The molecule has 0 spiro atoms. The zero-order chi connectivity index (χ0) is 15.9. The van der Waals surface area contributed by atoms with E-state index in [4.69, 9.17) is 4.42 Å². The average Bonchev–Trinajstić information content (AvgIpc) is 2.78. The van der Waals surface area contributed by atoms with Gasteiger partial charge in [-0.25, -0.2) is 4.98 Å². The highest BCUT2D eigenvalue weighted by Gasteiger charge is 2.30. The molecule has 0 radical (unpaired) electrons. The first-order valence-electron chi connectivity index (χ1n) is 7.10. The number of aromatic nitrogens is 1. The lowest BCUT2D eigenvalue weighted by Crippen LogP contribution is -2.32. The first kappa shape index (κ1) is 14.3. The number of hydrogen-bond donors (Lipinski definition) is 0. The highest BCUT2D eigenvalue weighted by molar-refractivity contribution is 6.10. The minimum atomic E-state index is -0.270. The molecule has 0 saturated heterocycles. The third-order valence-corrected chi connectivity index (χ3v) is 3.80. The fourth-order valence-electron chi connectivity index (χ4n) is 2.67. The molecule has 1 aliphatic heterocycles. The van der Waals surface area contributed by atoms with Crippen LogP contribution in [0.2, 0.25) is 0 Å². The number of carbonyl (C=O) groups is 2. The predicted octanol–water partition coefficient (Wildman–Crippen LogP) is 2.30. The molecule has 0 bridgehead atoms. The normalized spacial score (nSPS) is 14.8. The van der Waals surface area contributed by atoms with Crippen LogP contribution in [-0.2, 0) is 4.79 Å². The SMILES string of the molecule is Cc1nc(C)c(C(=O)N2CCC(=O)N(C)c3ccccc32)o1. The molecule has 6 heteroatoms. The van der Waals surface area contributed by atoms with E-state index in [1.165, 1.54) is 0 Å². The molecule has 1 aliphatic rings. The predicted molar refractivity (Wildman–Crippen MR) is 82.1 cm³/mol. The number of benzene rings is 1. The van der Waals surface area contributed by atoms with Crippen LogP contribution in [0.4, 0.5) is 11.4 Å². The maximum Gasteiger partial charge on any atom is 0.296 e. The topological polar surface area (TPSA) is 66.7 Å². The van der Waals surface area contributed by atoms with E-state index in [-0.39, 0.29) is 24.0 Å². The number of carbonyl (C=O) groups excluding carboxylic acids is 2. The van der Waals surface area contributed by atoms with Gasteiger partial charge in [-0.05, 0) is 19.1 Å². The van der Waals surface area contributed by atoms with Gasteiger partial charge in [-0.15, -0.1) is 0 Å². The highest BCUT2D eigenvalue weighted by atomic mass is 16.4. The van der Waals surface area contributed by atoms with Crippen molar-refractivity contribution < 1.29 is 14.0 Å². The molecule has 0 saturated carbocycles. The van der Waals surface area contributed by atoms with E-state index in [1.54, 1.807) is 30.7 Å². The van der Waals surface area contributed by atoms with Crippen molar-refractivity contribution >= 4 is 23.2 Å². The van der Waals surface area contributed by atoms with E-state index in [9.17, 15) is 9.59 Å². The van der Waals surface area contributed by atoms with Crippen LogP contribution in [0.5, 0.6) is 0 Å². The van der Waals surface area contributed by atoms with Gasteiger partial charge in [0.05, 0.1) is 17.1 Å². The number of amides is 2. The summed E-state index contributed by atoms with van der Waals surface area (Å²) in [6.45, 7) is 3.76. The summed E-state index contributed by atoms with van der Waals surface area (Å²) in [5.74, 6) is 0.392. The Morgan fingerprint density at radius 1 is 1.23 bits per heavy atom. The fraction of sp³-hybridized carbons (Fsp3) is 0.312. The first-order chi connectivity index (χ1) is 10.5. The monoisotopic (exact) mass is 299 g/mol. The standard InChI is InChI=1S/C16H17N3O3/c1-10-15(22-11(2)17-10)16(21)19-9-8-14(20)18(3)12-6-4-5-7-13(12)19/h4-7H,8-9H2,1-3H3. The molecule has 1 aromatic carbocycles. The molecular weight excluding hydrogens is 282 g/mol. The number of para-hydroxylation sites is 2. The van der Waals surface area contributed by atoms with E-state index in [0.717, 1.165) is 0 Å². The summed E-state index contributed by atoms with van der Waals surface area (Å²) in [6.07, 6.45) is 0.267. The Morgan fingerprint density at radius 2 is 1.91 bits per heavy atom. The molecule has 1 aromatic heterocycles. The second kappa shape index (κ2) is 5.29. The number of nitrogens with zero attached hydrogens (tertiary/aromatic N) is 3. The van der Waals surface area contributed by atoms with Crippen molar-refractivity contribution in [2.45, 2.75) is 20.3 Å². The molecule has 0 N–H and O–H groups in total. The van der Waals surface area contributed by atoms with Crippen molar-refractivity contribution in [2.75, 3.05) is 23.4 Å². The van der Waals surface area contributed by atoms with Crippen LogP contribution in [0, 0.1) is 13.8 Å². The van der Waals surface area contributed by atoms with Gasteiger partial charge in [-0.1, -0.05) is 12.1 Å². The average molecular weight is 299 g/mol. The van der Waals surface area contributed by atoms with Gasteiger partial charge in [0.25, 0.3) is 5.91 Å². The van der Waals surface area contributed by atoms with Crippen molar-refractivity contribution in [3.05, 3.63) is 41.6 Å². The molecule has 114 valence electrons. The first-order valence-corrected chi connectivity index (χ1v) is 7.10. The molecule has 2 heterocycles. The van der Waals surface area contributed by atoms with Gasteiger partial charge in [0.1, 0.15) is 0 Å². The molecule has 2 aromatic rings. The van der Waals surface area contributed by atoms with Crippen molar-refractivity contribution in [2.24, 2.45) is 0 Å². The van der Waals surface area contributed by atoms with Crippen molar-refractivity contribution in [3.63, 3.8) is 0 Å². The lowest BCUT2D eigenvalue weighted by Gasteiger charge is -2.22. The van der Waals surface area contributed by atoms with Gasteiger partial charge in [0.2, 0.25) is 11.7 Å². The molecule has 3 rings (SSSR count). The second-order valence-electron chi connectivity index (χ2n) is 5.30. The molecule has 0 atom stereocenters. The largest absolute Gasteiger partial charge is 0.436 e. The lowest BCUT2D eigenvalue weighted by molar-refractivity contribution is -0.118. The summed E-state index contributed by atoms with van der Waals surface area (Å²) in [5, 5.41) is 0. The maximum absolute atomic E-state index is 12.8. The number of oxazole rings is 1. The molecule has 0 fully saturated rings. The van der Waals surface area contributed by atoms with E-state index < -0.39 is 0 Å². The van der Waals surface area contributed by atoms with Gasteiger partial charge in [0, 0.05) is 26.9 Å². The van der Waals surface area contributed by atoms with E-state index >= 15 is 0 Å². The van der Waals surface area contributed by atoms with Crippen LogP contribution in [0.1, 0.15) is 28.6 Å². The minimum Gasteiger partial charge on any atom is -0.436 e. The van der Waals surface area contributed by atoms with Crippen LogP contribution in [0.25, 0.3) is 0 Å². The summed E-state index contributed by atoms with van der Waals surface area (Å²) in [5.41, 5.74) is 1.98. The Morgan fingerprint density at radius 3 is 2.55 bits per heavy atom. The molecule has 22 heavy (non-hydrogen) atoms. The van der Waals surface area contributed by atoms with E-state index in [0.29, 0.717) is 29.5 Å². The van der Waals surface area contributed by atoms with E-state index in [2.05, 4.69) is 4.98 Å². The molecule has 6 nitrogen and oxygen atoms in total. The third-order valence-electron chi connectivity index (χ3n) is 3.80. The molecule has 0 unspecified atom stereocenters. The number of anilines is 2. The van der Waals surface area contributed by atoms with Gasteiger partial charge in [0.15, 0.2) is 5.89 Å². The summed E-state index contributed by atoms with van der Waals surface area (Å²) in [7, 11) is 1.72. The summed E-state index contributed by atoms with van der Waals surface area (Å²) in [6, 6.07) is 7.36. The van der Waals surface area contributed by atoms with Gasteiger partial charge >= 0.3 is 0 Å². The fourth-order valence-corrected chi connectivity index (χ4v) is 2.67. The van der Waals surface area contributed by atoms with Crippen LogP contribution in [-0.4, -0.2) is 30.4 Å². The highest BCUT2D eigenvalue weighted by Crippen LogP contribution is 2.33. The number of rotatable bonds is 1. The Hall–Kier alpha value is -2.63. The summed E-state index contributed by atoms with van der Waals surface area (Å²) < 4.78 is 5.44. The zero-order valence-electron chi connectivity index (χ0n) is 12.8. The summed E-state index contributed by atoms with van der Waals surface area (Å²) >= 11 is 0. The Bertz CT molecular complexity index is 751. The van der Waals surface area contributed by atoms with Gasteiger partial charge in [-0.2, -0.15) is 0 Å². The molecule has 0 aliphatic carbocycles. The van der Waals surface area contributed by atoms with Gasteiger partial charge in [-0.3, -0.25) is 9.59 Å². The number of hydrogen-bond acceptors (Lipinski definition) is 4. The number of fused-ring (bicyclic) bond motifs is 1. The summed E-state index contributed by atoms with van der Waals surface area (Å²) in [4.78, 5) is 32.2. The van der Waals surface area contributed by atoms with Crippen LogP contribution in [0.3, 0.4) is 0 Å². The van der Waals surface area contributed by atoms with Crippen LogP contribution in [0.15, 0.2) is 28.7 Å². The Labute approximate surface area is 128 Å². The van der Waals surface area contributed by atoms with Gasteiger partial charge < -0.3 is 14.2 Å². The van der Waals surface area contributed by atoms with Crippen molar-refractivity contribution in [1.82, 2.24) is 4.98 Å². The van der Waals surface area contributed by atoms with Crippen LogP contribution >= 0.6 is 0 Å². The van der Waals surface area contributed by atoms with Crippen molar-refractivity contribution in [3.8, 4) is 0 Å². The quantitative estimate of drug-likeness (QED) is 0.810. The molecular formula is C16H17N3O3. The lowest BCUT2D eigenvalue weighted by atomic mass is 10.2. The Kier molecular flexibility index (Phi) is 3.44. The van der Waals surface area contributed by atoms with Crippen LogP contribution < -0.4 is 9.80 Å². The minimum absolute atomic E-state index is 0.0202. The smallest absolute Gasteiger partial charge is 0.296 e. The Balaban J connectivity index is 2.07. The zero-order valence-corrected chi connectivity index (χ0v) is 12.8. The maximum atomic E-state index is 12.8. The molecule has 2 amide bonds. The van der Waals surface area contributed by atoms with E-state index in [1.807, 2.05) is 24.3 Å². The van der Waals surface area contributed by atoms with Crippen molar-refractivity contribution in [1.29, 1.82) is 0 Å². The second-order valence-corrected chi connectivity index (χ2v) is 5.30. The number of aryl methyl sites for hydroxylation is 2. The third kappa shape index (κ3) is 2.26.